The summed E-state index contributed by atoms with van der Waals surface area (Å²) in [7, 11) is 0. The minimum absolute atomic E-state index is 0.990. The van der Waals surface area contributed by atoms with Crippen molar-refractivity contribution < 1.29 is 0 Å². The van der Waals surface area contributed by atoms with Gasteiger partial charge in [0.05, 0.1) is 0 Å². The second-order valence-electron chi connectivity index (χ2n) is 4.02. The molecule has 0 saturated carbocycles. The second kappa shape index (κ2) is 6.57. The van der Waals surface area contributed by atoms with Crippen LogP contribution in [0.1, 0.15) is 23.1 Å². The molecular formula is C13H19N3S. The Labute approximate surface area is 106 Å². The van der Waals surface area contributed by atoms with Crippen LogP contribution in [-0.2, 0) is 19.5 Å². The van der Waals surface area contributed by atoms with E-state index in [0.29, 0.717) is 0 Å². The summed E-state index contributed by atoms with van der Waals surface area (Å²) in [5.41, 5.74) is 0. The van der Waals surface area contributed by atoms with Crippen molar-refractivity contribution in [3.05, 3.63) is 40.3 Å². The van der Waals surface area contributed by atoms with E-state index in [0.717, 1.165) is 32.5 Å². The fraction of sp³-hybridized carbons (Fsp3) is 0.462. The number of hydrogen-bond acceptors (Lipinski definition) is 3. The quantitative estimate of drug-likeness (QED) is 0.765. The van der Waals surface area contributed by atoms with Crippen LogP contribution in [0.4, 0.5) is 0 Å². The standard InChI is InChI=1S/C13H19N3S/c1-2-12-5-6-13(17-12)11-14-7-3-9-16-10-4-8-15-16/h4-6,8,10,14H,2-3,7,9,11H2,1H3. The maximum absolute atomic E-state index is 4.18. The van der Waals surface area contributed by atoms with E-state index in [9.17, 15) is 0 Å². The Kier molecular flexibility index (Phi) is 4.76. The van der Waals surface area contributed by atoms with Gasteiger partial charge in [0.15, 0.2) is 0 Å². The summed E-state index contributed by atoms with van der Waals surface area (Å²) in [5, 5.41) is 7.65. The average molecular weight is 249 g/mol. The lowest BCUT2D eigenvalue weighted by molar-refractivity contribution is 0.544. The molecule has 0 amide bonds. The molecule has 0 radical (unpaired) electrons. The van der Waals surface area contributed by atoms with Crippen molar-refractivity contribution in [2.45, 2.75) is 32.9 Å². The zero-order valence-electron chi connectivity index (χ0n) is 10.2. The van der Waals surface area contributed by atoms with E-state index in [1.165, 1.54) is 9.75 Å². The van der Waals surface area contributed by atoms with Gasteiger partial charge in [-0.3, -0.25) is 4.68 Å². The number of rotatable bonds is 7. The van der Waals surface area contributed by atoms with Gasteiger partial charge in [-0.1, -0.05) is 6.92 Å². The van der Waals surface area contributed by atoms with E-state index in [4.69, 9.17) is 0 Å². The molecule has 92 valence electrons. The van der Waals surface area contributed by atoms with Gasteiger partial charge in [-0.15, -0.1) is 11.3 Å². The minimum Gasteiger partial charge on any atom is -0.312 e. The Hall–Kier alpha value is -1.13. The molecule has 4 heteroatoms. The molecule has 17 heavy (non-hydrogen) atoms. The van der Waals surface area contributed by atoms with Crippen molar-refractivity contribution in [2.24, 2.45) is 0 Å². The molecule has 2 aromatic rings. The molecular weight excluding hydrogens is 230 g/mol. The van der Waals surface area contributed by atoms with Crippen LogP contribution in [0.3, 0.4) is 0 Å². The number of aryl methyl sites for hydroxylation is 2. The Balaban J connectivity index is 1.60. The van der Waals surface area contributed by atoms with E-state index in [2.05, 4.69) is 29.5 Å². The van der Waals surface area contributed by atoms with Crippen LogP contribution in [-0.4, -0.2) is 16.3 Å². The summed E-state index contributed by atoms with van der Waals surface area (Å²) in [6, 6.07) is 6.42. The lowest BCUT2D eigenvalue weighted by Crippen LogP contribution is -2.15. The lowest BCUT2D eigenvalue weighted by atomic mass is 10.3. The van der Waals surface area contributed by atoms with Crippen molar-refractivity contribution in [3.63, 3.8) is 0 Å². The predicted octanol–water partition coefficient (Wildman–Crippen LogP) is 2.69. The van der Waals surface area contributed by atoms with Gasteiger partial charge in [-0.2, -0.15) is 5.10 Å². The highest BCUT2D eigenvalue weighted by Gasteiger charge is 1.97. The van der Waals surface area contributed by atoms with E-state index in [1.807, 2.05) is 34.5 Å². The molecule has 0 unspecified atom stereocenters. The molecule has 0 bridgehead atoms. The fourth-order valence-electron chi connectivity index (χ4n) is 1.72. The van der Waals surface area contributed by atoms with E-state index < -0.39 is 0 Å². The average Bonchev–Trinajstić information content (AvgIpc) is 2.99. The Morgan fingerprint density at radius 1 is 1.35 bits per heavy atom. The maximum atomic E-state index is 4.18. The van der Waals surface area contributed by atoms with Crippen molar-refractivity contribution in [2.75, 3.05) is 6.54 Å². The molecule has 0 spiro atoms. The van der Waals surface area contributed by atoms with Crippen molar-refractivity contribution >= 4 is 11.3 Å². The third kappa shape index (κ3) is 3.98. The monoisotopic (exact) mass is 249 g/mol. The van der Waals surface area contributed by atoms with E-state index in [-0.39, 0.29) is 0 Å². The zero-order valence-corrected chi connectivity index (χ0v) is 11.0. The third-order valence-electron chi connectivity index (χ3n) is 2.66. The number of thiophene rings is 1. The molecule has 0 aliphatic carbocycles. The third-order valence-corrected chi connectivity index (χ3v) is 3.89. The van der Waals surface area contributed by atoms with E-state index >= 15 is 0 Å². The highest BCUT2D eigenvalue weighted by Crippen LogP contribution is 2.16. The maximum Gasteiger partial charge on any atom is 0.0489 e. The van der Waals surface area contributed by atoms with Gasteiger partial charge in [-0.25, -0.2) is 0 Å². The molecule has 2 heterocycles. The van der Waals surface area contributed by atoms with Gasteiger partial charge in [0, 0.05) is 35.2 Å². The summed E-state index contributed by atoms with van der Waals surface area (Å²) in [4.78, 5) is 2.90. The summed E-state index contributed by atoms with van der Waals surface area (Å²) < 4.78 is 1.97. The summed E-state index contributed by atoms with van der Waals surface area (Å²) >= 11 is 1.91. The van der Waals surface area contributed by atoms with Gasteiger partial charge < -0.3 is 5.32 Å². The highest BCUT2D eigenvalue weighted by molar-refractivity contribution is 7.11. The molecule has 3 nitrogen and oxygen atoms in total. The first-order valence-electron chi connectivity index (χ1n) is 6.14. The molecule has 2 rings (SSSR count). The van der Waals surface area contributed by atoms with Gasteiger partial charge in [0.1, 0.15) is 0 Å². The molecule has 2 aromatic heterocycles. The fourth-order valence-corrected chi connectivity index (χ4v) is 2.65. The van der Waals surface area contributed by atoms with Crippen LogP contribution in [0, 0.1) is 0 Å². The van der Waals surface area contributed by atoms with Gasteiger partial charge in [0.2, 0.25) is 0 Å². The highest BCUT2D eigenvalue weighted by atomic mass is 32.1. The molecule has 0 fully saturated rings. The van der Waals surface area contributed by atoms with Gasteiger partial charge in [0.25, 0.3) is 0 Å². The molecule has 1 N–H and O–H groups in total. The topological polar surface area (TPSA) is 29.9 Å². The Bertz CT molecular complexity index is 420. The smallest absolute Gasteiger partial charge is 0.0489 e. The van der Waals surface area contributed by atoms with Crippen LogP contribution in [0.2, 0.25) is 0 Å². The second-order valence-corrected chi connectivity index (χ2v) is 5.27. The van der Waals surface area contributed by atoms with E-state index in [1.54, 1.807) is 0 Å². The first-order chi connectivity index (χ1) is 8.38. The number of nitrogens with zero attached hydrogens (tertiary/aromatic N) is 2. The molecule has 0 saturated heterocycles. The van der Waals surface area contributed by atoms with Crippen molar-refractivity contribution in [1.29, 1.82) is 0 Å². The zero-order chi connectivity index (χ0) is 11.9. The molecule has 0 aromatic carbocycles. The van der Waals surface area contributed by atoms with Gasteiger partial charge >= 0.3 is 0 Å². The van der Waals surface area contributed by atoms with Crippen molar-refractivity contribution in [1.82, 2.24) is 15.1 Å². The Morgan fingerprint density at radius 3 is 2.94 bits per heavy atom. The first kappa shape index (κ1) is 12.3. The number of aromatic nitrogens is 2. The molecule has 0 atom stereocenters. The molecule has 0 aliphatic rings. The SMILES string of the molecule is CCc1ccc(CNCCCn2cccn2)s1. The number of hydrogen-bond donors (Lipinski definition) is 1. The summed E-state index contributed by atoms with van der Waals surface area (Å²) in [5.74, 6) is 0. The van der Waals surface area contributed by atoms with Crippen molar-refractivity contribution in [3.8, 4) is 0 Å². The Morgan fingerprint density at radius 2 is 2.24 bits per heavy atom. The summed E-state index contributed by atoms with van der Waals surface area (Å²) in [6.45, 7) is 5.22. The van der Waals surface area contributed by atoms with Crippen LogP contribution >= 0.6 is 11.3 Å². The van der Waals surface area contributed by atoms with Crippen LogP contribution < -0.4 is 5.32 Å². The van der Waals surface area contributed by atoms with Crippen LogP contribution in [0.25, 0.3) is 0 Å². The van der Waals surface area contributed by atoms with Gasteiger partial charge in [-0.05, 0) is 37.6 Å². The minimum atomic E-state index is 0.990. The largest absolute Gasteiger partial charge is 0.312 e. The predicted molar refractivity (Wildman–Crippen MR) is 72.2 cm³/mol. The van der Waals surface area contributed by atoms with Crippen LogP contribution in [0.15, 0.2) is 30.6 Å². The lowest BCUT2D eigenvalue weighted by Gasteiger charge is -2.03. The number of nitrogens with one attached hydrogen (secondary N) is 1. The normalized spacial score (nSPS) is 10.9. The van der Waals surface area contributed by atoms with Crippen LogP contribution in [0.5, 0.6) is 0 Å². The molecule has 0 aliphatic heterocycles. The first-order valence-corrected chi connectivity index (χ1v) is 6.96. The summed E-state index contributed by atoms with van der Waals surface area (Å²) in [6.07, 6.45) is 6.09.